The lowest BCUT2D eigenvalue weighted by molar-refractivity contribution is 0.856. The van der Waals surface area contributed by atoms with Crippen LogP contribution in [0.5, 0.6) is 0 Å². The Morgan fingerprint density at radius 1 is 0.814 bits per heavy atom. The van der Waals surface area contributed by atoms with Crippen LogP contribution in [-0.4, -0.2) is 7.05 Å². The molecular weight excluding hydrogens is 518 g/mol. The minimum Gasteiger partial charge on any atom is -0.388 e. The molecule has 0 aliphatic heterocycles. The minimum absolute atomic E-state index is 0.389. The number of hydrogen-bond donors (Lipinski definition) is 1. The van der Waals surface area contributed by atoms with E-state index < -0.39 is 0 Å². The monoisotopic (exact) mass is 555 g/mol. The van der Waals surface area contributed by atoms with Gasteiger partial charge in [-0.1, -0.05) is 134 Å². The molecule has 0 spiro atoms. The fourth-order valence-electron chi connectivity index (χ4n) is 6.86. The standard InChI is InChI=1S/C42H37N/c1-43-41(33-28-27-30-15-5-6-18-32(30)29-33)26-14-13-20-35-36-21-8-11-24-39(36)42(40-25-12-9-22-37(35)40)38-23-10-7-19-34(38)31-16-3-2-4-17-31/h2-4,6-14,16,18-19,21-29,31,43H,5,15,17,20H2,1H3/b14-13-,41-26-. The summed E-state index contributed by atoms with van der Waals surface area (Å²) >= 11 is 0. The van der Waals surface area contributed by atoms with Crippen molar-refractivity contribution in [1.29, 1.82) is 0 Å². The van der Waals surface area contributed by atoms with Crippen molar-refractivity contribution in [2.45, 2.75) is 31.6 Å². The van der Waals surface area contributed by atoms with Crippen molar-refractivity contribution >= 4 is 33.3 Å². The van der Waals surface area contributed by atoms with Gasteiger partial charge in [0.05, 0.1) is 0 Å². The van der Waals surface area contributed by atoms with Gasteiger partial charge >= 0.3 is 0 Å². The molecule has 5 aromatic carbocycles. The van der Waals surface area contributed by atoms with E-state index in [1.165, 1.54) is 60.5 Å². The van der Waals surface area contributed by atoms with Gasteiger partial charge < -0.3 is 5.32 Å². The molecule has 0 heterocycles. The zero-order valence-electron chi connectivity index (χ0n) is 24.8. The average Bonchev–Trinajstić information content (AvgIpc) is 3.08. The van der Waals surface area contributed by atoms with Crippen molar-refractivity contribution in [3.63, 3.8) is 0 Å². The summed E-state index contributed by atoms with van der Waals surface area (Å²) in [5.41, 5.74) is 10.6. The molecule has 1 heteroatoms. The van der Waals surface area contributed by atoms with E-state index in [0.29, 0.717) is 5.92 Å². The van der Waals surface area contributed by atoms with Gasteiger partial charge in [0.15, 0.2) is 0 Å². The number of fused-ring (bicyclic) bond motifs is 3. The summed E-state index contributed by atoms with van der Waals surface area (Å²) in [6.45, 7) is 0. The van der Waals surface area contributed by atoms with E-state index in [9.17, 15) is 0 Å². The highest BCUT2D eigenvalue weighted by molar-refractivity contribution is 6.15. The lowest BCUT2D eigenvalue weighted by Gasteiger charge is -2.22. The van der Waals surface area contributed by atoms with Gasteiger partial charge in [0.2, 0.25) is 0 Å². The summed E-state index contributed by atoms with van der Waals surface area (Å²) < 4.78 is 0. The second kappa shape index (κ2) is 12.2. The van der Waals surface area contributed by atoms with Crippen molar-refractivity contribution in [1.82, 2.24) is 5.32 Å². The van der Waals surface area contributed by atoms with Crippen LogP contribution in [0.3, 0.4) is 0 Å². The molecule has 210 valence electrons. The van der Waals surface area contributed by atoms with Gasteiger partial charge in [-0.3, -0.25) is 0 Å². The maximum Gasteiger partial charge on any atom is 0.0411 e. The summed E-state index contributed by atoms with van der Waals surface area (Å²) in [6, 6.07) is 33.8. The smallest absolute Gasteiger partial charge is 0.0411 e. The maximum atomic E-state index is 3.42. The highest BCUT2D eigenvalue weighted by Crippen LogP contribution is 2.43. The number of hydrogen-bond acceptors (Lipinski definition) is 1. The fraction of sp³-hybridized carbons (Fsp3) is 0.143. The van der Waals surface area contributed by atoms with Gasteiger partial charge in [0, 0.05) is 18.7 Å². The Hall–Kier alpha value is -4.88. The first-order valence-corrected chi connectivity index (χ1v) is 15.5. The normalized spacial score (nSPS) is 16.3. The van der Waals surface area contributed by atoms with Crippen LogP contribution < -0.4 is 5.32 Å². The zero-order chi connectivity index (χ0) is 29.0. The molecule has 0 saturated heterocycles. The first-order valence-electron chi connectivity index (χ1n) is 15.5. The Balaban J connectivity index is 1.29. The van der Waals surface area contributed by atoms with Crippen LogP contribution >= 0.6 is 0 Å². The highest BCUT2D eigenvalue weighted by Gasteiger charge is 2.19. The predicted octanol–water partition coefficient (Wildman–Crippen LogP) is 10.6. The quantitative estimate of drug-likeness (QED) is 0.156. The predicted molar refractivity (Wildman–Crippen MR) is 186 cm³/mol. The minimum atomic E-state index is 0.389. The Morgan fingerprint density at radius 2 is 1.56 bits per heavy atom. The molecule has 2 aliphatic carbocycles. The average molecular weight is 556 g/mol. The van der Waals surface area contributed by atoms with Gasteiger partial charge in [-0.15, -0.1) is 0 Å². The van der Waals surface area contributed by atoms with E-state index in [1.54, 1.807) is 0 Å². The third kappa shape index (κ3) is 5.28. The number of nitrogens with one attached hydrogen (secondary N) is 1. The highest BCUT2D eigenvalue weighted by atomic mass is 14.8. The van der Waals surface area contributed by atoms with Crippen LogP contribution in [0.4, 0.5) is 0 Å². The van der Waals surface area contributed by atoms with Crippen LogP contribution in [0.2, 0.25) is 0 Å². The summed E-state index contributed by atoms with van der Waals surface area (Å²) in [4.78, 5) is 0. The maximum absolute atomic E-state index is 3.42. The van der Waals surface area contributed by atoms with Gasteiger partial charge in [-0.2, -0.15) is 0 Å². The van der Waals surface area contributed by atoms with Gasteiger partial charge in [-0.05, 0) is 98.3 Å². The van der Waals surface area contributed by atoms with E-state index in [-0.39, 0.29) is 0 Å². The SMILES string of the molecule is CN/C(=C\C=C/Cc1c2ccccc2c(-c2ccccc2C2C=CC=CC2)c2ccccc12)c1ccc2c(c1)C=CCC2. The van der Waals surface area contributed by atoms with Crippen LogP contribution in [0.1, 0.15) is 46.6 Å². The first-order chi connectivity index (χ1) is 21.3. The Labute approximate surface area is 255 Å². The largest absolute Gasteiger partial charge is 0.388 e. The van der Waals surface area contributed by atoms with E-state index in [1.807, 2.05) is 7.05 Å². The van der Waals surface area contributed by atoms with Crippen molar-refractivity contribution in [2.24, 2.45) is 0 Å². The summed E-state index contributed by atoms with van der Waals surface area (Å²) in [5.74, 6) is 0.389. The summed E-state index contributed by atoms with van der Waals surface area (Å²) in [5, 5.41) is 8.71. The number of benzene rings is 5. The van der Waals surface area contributed by atoms with E-state index >= 15 is 0 Å². The summed E-state index contributed by atoms with van der Waals surface area (Å²) in [6.07, 6.45) is 24.4. The van der Waals surface area contributed by atoms with Crippen LogP contribution in [0.25, 0.3) is 44.4 Å². The van der Waals surface area contributed by atoms with Gasteiger partial charge in [0.1, 0.15) is 0 Å². The van der Waals surface area contributed by atoms with Gasteiger partial charge in [-0.25, -0.2) is 0 Å². The third-order valence-corrected chi connectivity index (χ3v) is 8.98. The molecule has 1 atom stereocenters. The Bertz CT molecular complexity index is 1910. The van der Waals surface area contributed by atoms with Crippen LogP contribution in [-0.2, 0) is 12.8 Å². The van der Waals surface area contributed by atoms with Crippen LogP contribution in [0, 0.1) is 0 Å². The molecule has 1 unspecified atom stereocenters. The molecule has 1 N–H and O–H groups in total. The third-order valence-electron chi connectivity index (χ3n) is 8.98. The molecule has 43 heavy (non-hydrogen) atoms. The molecule has 5 aromatic rings. The molecule has 0 fully saturated rings. The molecule has 2 aliphatic rings. The van der Waals surface area contributed by atoms with Crippen molar-refractivity contribution in [3.8, 4) is 11.1 Å². The van der Waals surface area contributed by atoms with Crippen molar-refractivity contribution < 1.29 is 0 Å². The lowest BCUT2D eigenvalue weighted by atomic mass is 9.82. The topological polar surface area (TPSA) is 12.0 Å². The van der Waals surface area contributed by atoms with Gasteiger partial charge in [0.25, 0.3) is 0 Å². The number of allylic oxidation sites excluding steroid dienone is 8. The first kappa shape index (κ1) is 27.0. The second-order valence-electron chi connectivity index (χ2n) is 11.5. The molecule has 7 rings (SSSR count). The molecular formula is C42H37N. The number of aryl methyl sites for hydroxylation is 1. The van der Waals surface area contributed by atoms with E-state index in [2.05, 4.69) is 151 Å². The van der Waals surface area contributed by atoms with Crippen molar-refractivity contribution in [3.05, 3.63) is 167 Å². The molecule has 0 aromatic heterocycles. The van der Waals surface area contributed by atoms with E-state index in [0.717, 1.165) is 31.4 Å². The Kier molecular flexibility index (Phi) is 7.63. The van der Waals surface area contributed by atoms with Crippen LogP contribution in [0.15, 0.2) is 140 Å². The summed E-state index contributed by atoms with van der Waals surface area (Å²) in [7, 11) is 2.01. The van der Waals surface area contributed by atoms with Crippen molar-refractivity contribution in [2.75, 3.05) is 7.05 Å². The zero-order valence-corrected chi connectivity index (χ0v) is 24.8. The molecule has 0 bridgehead atoms. The lowest BCUT2D eigenvalue weighted by Crippen LogP contribution is -2.05. The fourth-order valence-corrected chi connectivity index (χ4v) is 6.86. The molecule has 0 saturated carbocycles. The molecule has 0 radical (unpaired) electrons. The number of rotatable bonds is 7. The molecule has 1 nitrogen and oxygen atoms in total. The second-order valence-corrected chi connectivity index (χ2v) is 11.5. The van der Waals surface area contributed by atoms with E-state index in [4.69, 9.17) is 0 Å². The molecule has 0 amide bonds. The Morgan fingerprint density at radius 3 is 2.30 bits per heavy atom.